The summed E-state index contributed by atoms with van der Waals surface area (Å²) in [6.45, 7) is 1.97. The molecule has 0 saturated carbocycles. The summed E-state index contributed by atoms with van der Waals surface area (Å²) in [7, 11) is 0. The molecule has 0 aromatic heterocycles. The van der Waals surface area contributed by atoms with Gasteiger partial charge in [-0.25, -0.2) is 9.59 Å². The number of hydrogen-bond donors (Lipinski definition) is 1. The monoisotopic (exact) mass is 378 g/mol. The van der Waals surface area contributed by atoms with E-state index in [-0.39, 0.29) is 23.3 Å². The average molecular weight is 379 g/mol. The number of cyclic esters (lactones) is 1. The van der Waals surface area contributed by atoms with E-state index in [1.807, 2.05) is 0 Å². The van der Waals surface area contributed by atoms with Gasteiger partial charge in [-0.15, -0.1) is 0 Å². The fourth-order valence-electron chi connectivity index (χ4n) is 2.95. The number of ether oxygens (including phenoxy) is 2. The van der Waals surface area contributed by atoms with Crippen molar-refractivity contribution < 1.29 is 32.2 Å². The zero-order chi connectivity index (χ0) is 18.4. The summed E-state index contributed by atoms with van der Waals surface area (Å²) in [5.74, 6) is -3.56. The van der Waals surface area contributed by atoms with Crippen LogP contribution in [-0.2, 0) is 15.3 Å². The summed E-state index contributed by atoms with van der Waals surface area (Å²) < 4.78 is 50.9. The number of hydrogen-bond acceptors (Lipinski definition) is 4. The number of amides is 2. The molecule has 2 aliphatic rings. The standard InChI is InChI=1S/C15H14ClF3N2O4/c1-8-3-2-6-21(8)13(23)25-14(15(17,18)19)10-7-9(16)4-5-11(10)20-12(22)24-14/h4-5,7-8H,2-3,6H2,1H3,(H,20,22). The van der Waals surface area contributed by atoms with Gasteiger partial charge in [0, 0.05) is 17.6 Å². The SMILES string of the molecule is CC1CCCN1C(=O)OC1(C(F)(F)F)OC(=O)Nc2ccc(Cl)cc21. The number of carbonyl (C=O) groups is 2. The van der Waals surface area contributed by atoms with Crippen LogP contribution in [0.5, 0.6) is 0 Å². The molecular formula is C15H14ClF3N2O4. The van der Waals surface area contributed by atoms with Gasteiger partial charge in [-0.2, -0.15) is 13.2 Å². The van der Waals surface area contributed by atoms with Crippen molar-refractivity contribution in [2.75, 3.05) is 11.9 Å². The maximum atomic E-state index is 13.9. The number of halogens is 4. The number of anilines is 1. The van der Waals surface area contributed by atoms with Gasteiger partial charge in [0.25, 0.3) is 0 Å². The molecule has 0 radical (unpaired) electrons. The third-order valence-electron chi connectivity index (χ3n) is 4.20. The highest BCUT2D eigenvalue weighted by Gasteiger charge is 2.67. The average Bonchev–Trinajstić information content (AvgIpc) is 2.93. The Kier molecular flexibility index (Phi) is 4.22. The van der Waals surface area contributed by atoms with Gasteiger partial charge in [0.05, 0.1) is 11.3 Å². The highest BCUT2D eigenvalue weighted by atomic mass is 35.5. The molecule has 1 saturated heterocycles. The number of benzene rings is 1. The third kappa shape index (κ3) is 2.97. The van der Waals surface area contributed by atoms with E-state index in [0.29, 0.717) is 12.8 Å². The lowest BCUT2D eigenvalue weighted by Crippen LogP contribution is -2.55. The molecule has 1 aromatic rings. The van der Waals surface area contributed by atoms with E-state index in [2.05, 4.69) is 10.1 Å². The number of rotatable bonds is 1. The van der Waals surface area contributed by atoms with E-state index in [1.165, 1.54) is 17.0 Å². The molecular weight excluding hydrogens is 365 g/mol. The summed E-state index contributed by atoms with van der Waals surface area (Å²) in [4.78, 5) is 25.2. The van der Waals surface area contributed by atoms with Gasteiger partial charge in [-0.05, 0) is 38.0 Å². The molecule has 1 aromatic carbocycles. The van der Waals surface area contributed by atoms with Crippen LogP contribution in [-0.4, -0.2) is 35.8 Å². The van der Waals surface area contributed by atoms with Gasteiger partial charge in [-0.1, -0.05) is 11.6 Å². The Morgan fingerprint density at radius 1 is 1.48 bits per heavy atom. The first-order chi connectivity index (χ1) is 11.6. The van der Waals surface area contributed by atoms with Crippen LogP contribution in [0.25, 0.3) is 0 Å². The first-order valence-electron chi connectivity index (χ1n) is 7.50. The molecule has 0 spiro atoms. The topological polar surface area (TPSA) is 67.9 Å². The molecule has 2 unspecified atom stereocenters. The Bertz CT molecular complexity index is 727. The van der Waals surface area contributed by atoms with Crippen molar-refractivity contribution >= 4 is 29.5 Å². The quantitative estimate of drug-likeness (QED) is 0.793. The molecule has 2 atom stereocenters. The largest absolute Gasteiger partial charge is 0.473 e. The van der Waals surface area contributed by atoms with Crippen LogP contribution in [0.15, 0.2) is 18.2 Å². The van der Waals surface area contributed by atoms with E-state index in [4.69, 9.17) is 16.3 Å². The molecule has 136 valence electrons. The minimum absolute atomic E-state index is 0.0299. The van der Waals surface area contributed by atoms with Crippen molar-refractivity contribution in [3.05, 3.63) is 28.8 Å². The van der Waals surface area contributed by atoms with Crippen molar-refractivity contribution in [3.8, 4) is 0 Å². The summed E-state index contributed by atoms with van der Waals surface area (Å²) in [6.07, 6.45) is -6.49. The van der Waals surface area contributed by atoms with Gasteiger partial charge in [0.15, 0.2) is 0 Å². The number of fused-ring (bicyclic) bond motifs is 1. The Morgan fingerprint density at radius 2 is 2.20 bits per heavy atom. The fourth-order valence-corrected chi connectivity index (χ4v) is 3.12. The molecule has 2 amide bonds. The van der Waals surface area contributed by atoms with Gasteiger partial charge in [0.1, 0.15) is 0 Å². The summed E-state index contributed by atoms with van der Waals surface area (Å²) in [6, 6.07) is 3.17. The number of nitrogens with zero attached hydrogens (tertiary/aromatic N) is 1. The summed E-state index contributed by atoms with van der Waals surface area (Å²) >= 11 is 5.79. The molecule has 1 fully saturated rings. The Labute approximate surface area is 145 Å². The number of carbonyl (C=O) groups excluding carboxylic acids is 2. The third-order valence-corrected chi connectivity index (χ3v) is 4.44. The van der Waals surface area contributed by atoms with Crippen LogP contribution in [0.1, 0.15) is 25.3 Å². The molecule has 3 rings (SSSR count). The lowest BCUT2D eigenvalue weighted by molar-refractivity contribution is -0.352. The maximum absolute atomic E-state index is 13.9. The fraction of sp³-hybridized carbons (Fsp3) is 0.467. The van der Waals surface area contributed by atoms with Crippen LogP contribution in [0.2, 0.25) is 5.02 Å². The second-order valence-electron chi connectivity index (χ2n) is 5.87. The second kappa shape index (κ2) is 5.98. The van der Waals surface area contributed by atoms with Gasteiger partial charge in [0.2, 0.25) is 0 Å². The lowest BCUT2D eigenvalue weighted by atomic mass is 10.0. The van der Waals surface area contributed by atoms with Crippen molar-refractivity contribution in [3.63, 3.8) is 0 Å². The predicted octanol–water partition coefficient (Wildman–Crippen LogP) is 4.24. The molecule has 0 aliphatic carbocycles. The van der Waals surface area contributed by atoms with Crippen molar-refractivity contribution in [1.82, 2.24) is 4.90 Å². The Balaban J connectivity index is 2.07. The number of nitrogens with one attached hydrogen (secondary N) is 1. The molecule has 0 bridgehead atoms. The number of likely N-dealkylation sites (tertiary alicyclic amines) is 1. The normalized spacial score (nSPS) is 25.9. The summed E-state index contributed by atoms with van der Waals surface area (Å²) in [5.41, 5.74) is -0.785. The van der Waals surface area contributed by atoms with E-state index >= 15 is 0 Å². The number of alkyl halides is 3. The maximum Gasteiger partial charge on any atom is 0.473 e. The van der Waals surface area contributed by atoms with E-state index in [9.17, 15) is 22.8 Å². The minimum atomic E-state index is -5.21. The van der Waals surface area contributed by atoms with Crippen LogP contribution in [0, 0.1) is 0 Å². The molecule has 10 heteroatoms. The molecule has 6 nitrogen and oxygen atoms in total. The zero-order valence-electron chi connectivity index (χ0n) is 13.0. The van der Waals surface area contributed by atoms with Crippen molar-refractivity contribution in [2.24, 2.45) is 0 Å². The smallest absolute Gasteiger partial charge is 0.393 e. The van der Waals surface area contributed by atoms with E-state index < -0.39 is 29.7 Å². The first-order valence-corrected chi connectivity index (χ1v) is 7.88. The minimum Gasteiger partial charge on any atom is -0.393 e. The summed E-state index contributed by atoms with van der Waals surface area (Å²) in [5, 5.41) is 2.11. The molecule has 2 heterocycles. The highest BCUT2D eigenvalue weighted by Crippen LogP contribution is 2.49. The van der Waals surface area contributed by atoms with Crippen LogP contribution in [0.4, 0.5) is 28.4 Å². The first kappa shape index (κ1) is 17.7. The van der Waals surface area contributed by atoms with Gasteiger partial charge >= 0.3 is 24.1 Å². The van der Waals surface area contributed by atoms with E-state index in [1.54, 1.807) is 6.92 Å². The van der Waals surface area contributed by atoms with Crippen LogP contribution >= 0.6 is 11.6 Å². The van der Waals surface area contributed by atoms with Crippen LogP contribution < -0.4 is 5.32 Å². The molecule has 2 aliphatic heterocycles. The Morgan fingerprint density at radius 3 is 2.80 bits per heavy atom. The Hall–Kier alpha value is -2.16. The predicted molar refractivity (Wildman–Crippen MR) is 81.2 cm³/mol. The zero-order valence-corrected chi connectivity index (χ0v) is 13.8. The lowest BCUT2D eigenvalue weighted by Gasteiger charge is -2.39. The molecule has 25 heavy (non-hydrogen) atoms. The van der Waals surface area contributed by atoms with Gasteiger partial charge in [-0.3, -0.25) is 5.32 Å². The molecule has 1 N–H and O–H groups in total. The van der Waals surface area contributed by atoms with Crippen molar-refractivity contribution in [1.29, 1.82) is 0 Å². The highest BCUT2D eigenvalue weighted by molar-refractivity contribution is 6.30. The van der Waals surface area contributed by atoms with E-state index in [0.717, 1.165) is 6.07 Å². The second-order valence-corrected chi connectivity index (χ2v) is 6.31. The van der Waals surface area contributed by atoms with Gasteiger partial charge < -0.3 is 14.4 Å². The van der Waals surface area contributed by atoms with Crippen LogP contribution in [0.3, 0.4) is 0 Å². The van der Waals surface area contributed by atoms with Crippen molar-refractivity contribution in [2.45, 2.75) is 37.8 Å².